The molecule has 3 rings (SSSR count). The molecule has 0 aliphatic heterocycles. The van der Waals surface area contributed by atoms with Gasteiger partial charge in [0.05, 0.1) is 10.2 Å². The molecule has 1 N–H and O–H groups in total. The number of sulfonamides is 1. The summed E-state index contributed by atoms with van der Waals surface area (Å²) in [4.78, 5) is 8.13. The Kier molecular flexibility index (Phi) is 3.87. The Morgan fingerprint density at radius 3 is 2.81 bits per heavy atom. The topological polar surface area (TPSA) is 72.0 Å². The quantitative estimate of drug-likeness (QED) is 0.718. The summed E-state index contributed by atoms with van der Waals surface area (Å²) in [5.41, 5.74) is 0.689. The molecule has 0 aliphatic rings. The van der Waals surface area contributed by atoms with Gasteiger partial charge in [0.2, 0.25) is 0 Å². The minimum Gasteiger partial charge on any atom is -0.262 e. The first-order valence-electron chi connectivity index (χ1n) is 5.63. The van der Waals surface area contributed by atoms with E-state index in [-0.39, 0.29) is 10.0 Å². The maximum Gasteiger partial charge on any atom is 0.265 e. The predicted molar refractivity (Wildman–Crippen MR) is 87.4 cm³/mol. The third kappa shape index (κ3) is 3.18. The van der Waals surface area contributed by atoms with Gasteiger partial charge in [0.1, 0.15) is 4.90 Å². The van der Waals surface area contributed by atoms with Crippen LogP contribution in [0, 0.1) is 0 Å². The van der Waals surface area contributed by atoms with Crippen molar-refractivity contribution in [2.45, 2.75) is 4.90 Å². The van der Waals surface area contributed by atoms with Crippen LogP contribution in [0.1, 0.15) is 0 Å². The highest BCUT2D eigenvalue weighted by atomic mass is 79.9. The molecule has 0 saturated carbocycles. The lowest BCUT2D eigenvalue weighted by molar-refractivity contribution is 0.600. The fourth-order valence-corrected chi connectivity index (χ4v) is 4.54. The van der Waals surface area contributed by atoms with Gasteiger partial charge in [-0.2, -0.15) is 0 Å². The molecule has 0 atom stereocenters. The molecule has 0 fully saturated rings. The van der Waals surface area contributed by atoms with Crippen LogP contribution in [-0.4, -0.2) is 18.4 Å². The number of aromatic nitrogens is 2. The maximum atomic E-state index is 12.3. The lowest BCUT2D eigenvalue weighted by Gasteiger charge is -2.04. The molecule has 108 valence electrons. The summed E-state index contributed by atoms with van der Waals surface area (Å²) in [6.07, 6.45) is 2.79. The van der Waals surface area contributed by atoms with Gasteiger partial charge in [-0.1, -0.05) is 22.9 Å². The van der Waals surface area contributed by atoms with Crippen LogP contribution in [0.3, 0.4) is 0 Å². The summed E-state index contributed by atoms with van der Waals surface area (Å²) in [6.45, 7) is 0. The summed E-state index contributed by atoms with van der Waals surface area (Å²) < 4.78 is 28.4. The lowest BCUT2D eigenvalue weighted by atomic mass is 10.3. The van der Waals surface area contributed by atoms with Crippen molar-refractivity contribution in [2.75, 3.05) is 4.72 Å². The Balaban J connectivity index is 1.97. The van der Waals surface area contributed by atoms with Gasteiger partial charge in [0, 0.05) is 21.9 Å². The number of halogens is 2. The number of rotatable bonds is 3. The highest BCUT2D eigenvalue weighted by Crippen LogP contribution is 2.29. The summed E-state index contributed by atoms with van der Waals surface area (Å²) in [6, 6.07) is 6.67. The van der Waals surface area contributed by atoms with E-state index in [9.17, 15) is 8.42 Å². The fourth-order valence-electron chi connectivity index (χ4n) is 1.66. The largest absolute Gasteiger partial charge is 0.265 e. The number of anilines is 1. The summed E-state index contributed by atoms with van der Waals surface area (Å²) in [5.74, 6) is 0. The normalized spacial score (nSPS) is 11.7. The van der Waals surface area contributed by atoms with Crippen molar-refractivity contribution in [1.82, 2.24) is 9.97 Å². The Hall–Kier alpha value is -1.22. The first-order valence-corrected chi connectivity index (χ1v) is 9.10. The molecular weight excluding hydrogens is 398 g/mol. The van der Waals surface area contributed by atoms with Crippen LogP contribution in [0.25, 0.3) is 10.2 Å². The average Bonchev–Trinajstić information content (AvgIpc) is 2.79. The molecule has 0 unspecified atom stereocenters. The van der Waals surface area contributed by atoms with E-state index in [1.54, 1.807) is 18.2 Å². The van der Waals surface area contributed by atoms with E-state index in [1.165, 1.54) is 29.8 Å². The number of hydrogen-bond donors (Lipinski definition) is 1. The Labute approximate surface area is 138 Å². The van der Waals surface area contributed by atoms with Crippen molar-refractivity contribution in [2.24, 2.45) is 0 Å². The second-order valence-corrected chi connectivity index (χ2v) is 8.14. The van der Waals surface area contributed by atoms with Gasteiger partial charge in [-0.25, -0.2) is 13.4 Å². The van der Waals surface area contributed by atoms with Gasteiger partial charge in [-0.3, -0.25) is 9.71 Å². The lowest BCUT2D eigenvalue weighted by Crippen LogP contribution is -2.12. The number of pyridine rings is 1. The van der Waals surface area contributed by atoms with Gasteiger partial charge in [0.15, 0.2) is 5.13 Å². The van der Waals surface area contributed by atoms with Crippen LogP contribution in [0.5, 0.6) is 0 Å². The number of nitrogens with one attached hydrogen (secondary N) is 1. The van der Waals surface area contributed by atoms with E-state index in [1.807, 2.05) is 0 Å². The van der Waals surface area contributed by atoms with Crippen molar-refractivity contribution in [3.63, 3.8) is 0 Å². The van der Waals surface area contributed by atoms with Crippen LogP contribution in [-0.2, 0) is 10.0 Å². The molecule has 0 aliphatic carbocycles. The molecule has 2 heterocycles. The molecule has 0 spiro atoms. The Bertz CT molecular complexity index is 927. The fraction of sp³-hybridized carbons (Fsp3) is 0. The van der Waals surface area contributed by atoms with Crippen LogP contribution in [0.2, 0.25) is 5.02 Å². The second kappa shape index (κ2) is 5.53. The van der Waals surface area contributed by atoms with E-state index in [0.29, 0.717) is 15.0 Å². The summed E-state index contributed by atoms with van der Waals surface area (Å²) in [7, 11) is -3.72. The third-order valence-electron chi connectivity index (χ3n) is 2.56. The zero-order chi connectivity index (χ0) is 15.0. The van der Waals surface area contributed by atoms with Crippen molar-refractivity contribution in [1.29, 1.82) is 0 Å². The monoisotopic (exact) mass is 403 g/mol. The van der Waals surface area contributed by atoms with E-state index >= 15 is 0 Å². The van der Waals surface area contributed by atoms with Gasteiger partial charge in [-0.15, -0.1) is 0 Å². The molecule has 9 heteroatoms. The molecule has 21 heavy (non-hydrogen) atoms. The predicted octanol–water partition coefficient (Wildman–Crippen LogP) is 3.91. The molecule has 5 nitrogen and oxygen atoms in total. The minimum absolute atomic E-state index is 0.0640. The summed E-state index contributed by atoms with van der Waals surface area (Å²) >= 11 is 10.3. The van der Waals surface area contributed by atoms with E-state index in [4.69, 9.17) is 11.6 Å². The maximum absolute atomic E-state index is 12.3. The van der Waals surface area contributed by atoms with Crippen molar-refractivity contribution < 1.29 is 8.42 Å². The molecule has 1 aromatic carbocycles. The first-order chi connectivity index (χ1) is 9.94. The number of thiazole rings is 1. The molecule has 0 radical (unpaired) electrons. The molecule has 0 amide bonds. The van der Waals surface area contributed by atoms with Crippen molar-refractivity contribution in [3.05, 3.63) is 46.2 Å². The zero-order valence-corrected chi connectivity index (χ0v) is 14.2. The van der Waals surface area contributed by atoms with Crippen LogP contribution >= 0.6 is 38.9 Å². The van der Waals surface area contributed by atoms with Crippen molar-refractivity contribution in [3.8, 4) is 0 Å². The Morgan fingerprint density at radius 1 is 1.24 bits per heavy atom. The van der Waals surface area contributed by atoms with Gasteiger partial charge < -0.3 is 0 Å². The first kappa shape index (κ1) is 14.7. The number of fused-ring (bicyclic) bond motifs is 1. The van der Waals surface area contributed by atoms with Gasteiger partial charge in [0.25, 0.3) is 10.0 Å². The molecular formula is C12H7BrClN3O2S2. The van der Waals surface area contributed by atoms with Crippen molar-refractivity contribution >= 4 is 64.2 Å². The van der Waals surface area contributed by atoms with Gasteiger partial charge >= 0.3 is 0 Å². The number of benzene rings is 1. The molecule has 2 aromatic heterocycles. The second-order valence-electron chi connectivity index (χ2n) is 4.08. The number of nitrogens with zero attached hydrogens (tertiary/aromatic N) is 2. The standard InChI is InChI=1S/C12H7BrClN3O2S2/c13-7-3-9(6-15-5-7)21(18,19)17-12-16-10-2-1-8(14)4-11(10)20-12/h1-6H,(H,16,17). The van der Waals surface area contributed by atoms with Crippen LogP contribution in [0.4, 0.5) is 5.13 Å². The molecule has 0 bridgehead atoms. The van der Waals surface area contributed by atoms with Crippen LogP contribution in [0.15, 0.2) is 46.0 Å². The highest BCUT2D eigenvalue weighted by Gasteiger charge is 2.17. The average molecular weight is 405 g/mol. The van der Waals surface area contributed by atoms with E-state index < -0.39 is 10.0 Å². The number of hydrogen-bond acceptors (Lipinski definition) is 5. The van der Waals surface area contributed by atoms with E-state index in [0.717, 1.165) is 4.70 Å². The third-order valence-corrected chi connectivity index (χ3v) is 5.60. The minimum atomic E-state index is -3.72. The van der Waals surface area contributed by atoms with E-state index in [2.05, 4.69) is 30.6 Å². The Morgan fingerprint density at radius 2 is 2.05 bits per heavy atom. The zero-order valence-electron chi connectivity index (χ0n) is 10.2. The highest BCUT2D eigenvalue weighted by molar-refractivity contribution is 9.10. The van der Waals surface area contributed by atoms with Crippen LogP contribution < -0.4 is 4.72 Å². The summed E-state index contributed by atoms with van der Waals surface area (Å²) in [5, 5.41) is 0.865. The SMILES string of the molecule is O=S(=O)(Nc1nc2ccc(Cl)cc2s1)c1cncc(Br)c1. The molecule has 3 aromatic rings. The molecule has 0 saturated heterocycles. The smallest absolute Gasteiger partial charge is 0.262 e. The van der Waals surface area contributed by atoms with Gasteiger partial charge in [-0.05, 0) is 40.2 Å².